The molecule has 0 heterocycles. The van der Waals surface area contributed by atoms with E-state index in [9.17, 15) is 0 Å². The molecule has 0 bridgehead atoms. The Hall–Kier alpha value is -2.46. The van der Waals surface area contributed by atoms with E-state index in [0.717, 1.165) is 0 Å². The minimum absolute atomic E-state index is 0.156. The quantitative estimate of drug-likeness (QED) is 0.544. The average molecular weight is 411 g/mol. The molecule has 0 unspecified atom stereocenters. The van der Waals surface area contributed by atoms with Crippen LogP contribution in [-0.2, 0) is 0 Å². The number of aryl methyl sites for hydroxylation is 3. The van der Waals surface area contributed by atoms with Gasteiger partial charge in [-0.1, -0.05) is 115 Å². The summed E-state index contributed by atoms with van der Waals surface area (Å²) >= 11 is 0. The Kier molecular flexibility index (Phi) is 16.0. The Morgan fingerprint density at radius 1 is 0.500 bits per heavy atom. The molecule has 3 N–H and O–H groups in total. The van der Waals surface area contributed by atoms with Gasteiger partial charge in [-0.2, -0.15) is 0 Å². The Labute approximate surface area is 182 Å². The molecular formula is C27H38O3. The van der Waals surface area contributed by atoms with E-state index in [0.29, 0.717) is 6.42 Å². The molecule has 3 heteroatoms. The van der Waals surface area contributed by atoms with Gasteiger partial charge < -0.3 is 15.3 Å². The van der Waals surface area contributed by atoms with Crippen LogP contribution < -0.4 is 0 Å². The number of rotatable bonds is 4. The zero-order chi connectivity index (χ0) is 22.7. The summed E-state index contributed by atoms with van der Waals surface area (Å²) in [6.45, 7) is 7.60. The lowest BCUT2D eigenvalue weighted by molar-refractivity contribution is 0.00304. The molecule has 0 aliphatic heterocycles. The fourth-order valence-electron chi connectivity index (χ4n) is 2.09. The molecule has 0 spiro atoms. The topological polar surface area (TPSA) is 60.7 Å². The highest BCUT2D eigenvalue weighted by Crippen LogP contribution is 2.18. The van der Waals surface area contributed by atoms with Crippen molar-refractivity contribution in [3.8, 4) is 0 Å². The van der Waals surface area contributed by atoms with Gasteiger partial charge in [0.05, 0.1) is 19.8 Å². The van der Waals surface area contributed by atoms with Gasteiger partial charge in [0.25, 0.3) is 0 Å². The summed E-state index contributed by atoms with van der Waals surface area (Å²) in [4.78, 5) is 0. The highest BCUT2D eigenvalue weighted by Gasteiger charge is 2.24. The van der Waals surface area contributed by atoms with Crippen molar-refractivity contribution < 1.29 is 15.3 Å². The highest BCUT2D eigenvalue weighted by atomic mass is 16.3. The largest absolute Gasteiger partial charge is 0.396 e. The fourth-order valence-corrected chi connectivity index (χ4v) is 2.09. The fraction of sp³-hybridized carbons (Fsp3) is 0.333. The van der Waals surface area contributed by atoms with Gasteiger partial charge in [-0.15, -0.1) is 0 Å². The lowest BCUT2D eigenvalue weighted by Crippen LogP contribution is -2.32. The molecule has 0 aromatic heterocycles. The standard InChI is InChI=1S/3C7H8.C6H14O3/c3*1-7-5-3-2-4-6-7;1-2-6(3-7,4-8)5-9/h3*2-6H,1H3;7-9H,2-5H2,1H3. The minimum atomic E-state index is -0.667. The summed E-state index contributed by atoms with van der Waals surface area (Å²) in [7, 11) is 0. The van der Waals surface area contributed by atoms with E-state index in [1.807, 2.05) is 61.5 Å². The van der Waals surface area contributed by atoms with E-state index < -0.39 is 5.41 Å². The molecule has 0 fully saturated rings. The summed E-state index contributed by atoms with van der Waals surface area (Å²) in [5.41, 5.74) is 3.30. The van der Waals surface area contributed by atoms with Crippen molar-refractivity contribution in [1.82, 2.24) is 0 Å². The van der Waals surface area contributed by atoms with E-state index >= 15 is 0 Å². The first-order chi connectivity index (χ1) is 14.4. The summed E-state index contributed by atoms with van der Waals surface area (Å²) in [6, 6.07) is 30.8. The van der Waals surface area contributed by atoms with Gasteiger partial charge in [-0.3, -0.25) is 0 Å². The Morgan fingerprint density at radius 2 is 0.733 bits per heavy atom. The average Bonchev–Trinajstić information content (AvgIpc) is 2.79. The zero-order valence-electron chi connectivity index (χ0n) is 18.8. The Bertz CT molecular complexity index is 617. The maximum Gasteiger partial charge on any atom is 0.0531 e. The number of hydrogen-bond acceptors (Lipinski definition) is 3. The molecule has 0 aliphatic rings. The maximum atomic E-state index is 8.66. The molecule has 3 aromatic rings. The van der Waals surface area contributed by atoms with Crippen molar-refractivity contribution in [3.05, 3.63) is 108 Å². The van der Waals surface area contributed by atoms with Crippen LogP contribution in [0.15, 0.2) is 91.0 Å². The molecule has 0 amide bonds. The molecule has 164 valence electrons. The predicted molar refractivity (Wildman–Crippen MR) is 128 cm³/mol. The third kappa shape index (κ3) is 13.7. The lowest BCUT2D eigenvalue weighted by atomic mass is 9.88. The van der Waals surface area contributed by atoms with Crippen LogP contribution in [0.2, 0.25) is 0 Å². The molecule has 0 saturated heterocycles. The third-order valence-corrected chi connectivity index (χ3v) is 4.58. The van der Waals surface area contributed by atoms with Gasteiger partial charge in [0, 0.05) is 5.41 Å². The molecule has 3 nitrogen and oxygen atoms in total. The van der Waals surface area contributed by atoms with Gasteiger partial charge in [0.15, 0.2) is 0 Å². The summed E-state index contributed by atoms with van der Waals surface area (Å²) in [5.74, 6) is 0. The number of hydrogen-bond donors (Lipinski definition) is 3. The second-order valence-corrected chi connectivity index (χ2v) is 7.29. The van der Waals surface area contributed by atoms with Gasteiger partial charge in [-0.25, -0.2) is 0 Å². The smallest absolute Gasteiger partial charge is 0.0531 e. The van der Waals surface area contributed by atoms with E-state index in [1.54, 1.807) is 0 Å². The van der Waals surface area contributed by atoms with Crippen molar-refractivity contribution in [3.63, 3.8) is 0 Å². The number of aliphatic hydroxyl groups is 3. The highest BCUT2D eigenvalue weighted by molar-refractivity contribution is 5.13. The summed E-state index contributed by atoms with van der Waals surface area (Å²) in [6.07, 6.45) is 0.594. The normalized spacial score (nSPS) is 9.70. The first kappa shape index (κ1) is 27.5. The van der Waals surface area contributed by atoms with Crippen LogP contribution in [-0.4, -0.2) is 35.1 Å². The summed E-state index contributed by atoms with van der Waals surface area (Å²) in [5, 5.41) is 26.0. The SMILES string of the molecule is CCC(CO)(CO)CO.Cc1ccccc1.Cc1ccccc1.Cc1ccccc1. The Morgan fingerprint density at radius 3 is 0.800 bits per heavy atom. The second kappa shape index (κ2) is 17.4. The molecule has 0 atom stereocenters. The minimum Gasteiger partial charge on any atom is -0.396 e. The van der Waals surface area contributed by atoms with E-state index in [1.165, 1.54) is 16.7 Å². The zero-order valence-corrected chi connectivity index (χ0v) is 18.8. The van der Waals surface area contributed by atoms with E-state index in [2.05, 4.69) is 57.2 Å². The predicted octanol–water partition coefficient (Wildman–Crippen LogP) is 5.34. The molecule has 0 radical (unpaired) electrons. The number of aliphatic hydroxyl groups excluding tert-OH is 3. The van der Waals surface area contributed by atoms with Gasteiger partial charge >= 0.3 is 0 Å². The monoisotopic (exact) mass is 410 g/mol. The molecule has 0 saturated carbocycles. The first-order valence-electron chi connectivity index (χ1n) is 10.3. The second-order valence-electron chi connectivity index (χ2n) is 7.29. The van der Waals surface area contributed by atoms with Crippen LogP contribution in [0.5, 0.6) is 0 Å². The van der Waals surface area contributed by atoms with Crippen molar-refractivity contribution in [2.45, 2.75) is 34.1 Å². The van der Waals surface area contributed by atoms with Crippen LogP contribution in [0.3, 0.4) is 0 Å². The first-order valence-corrected chi connectivity index (χ1v) is 10.3. The molecule has 0 aliphatic carbocycles. The molecule has 3 aromatic carbocycles. The van der Waals surface area contributed by atoms with E-state index in [4.69, 9.17) is 15.3 Å². The molecule has 3 rings (SSSR count). The molecule has 30 heavy (non-hydrogen) atoms. The van der Waals surface area contributed by atoms with Gasteiger partial charge in [-0.05, 0) is 27.2 Å². The number of benzene rings is 3. The van der Waals surface area contributed by atoms with Crippen LogP contribution in [0, 0.1) is 26.2 Å². The van der Waals surface area contributed by atoms with Crippen molar-refractivity contribution in [2.75, 3.05) is 19.8 Å². The van der Waals surface area contributed by atoms with Crippen LogP contribution in [0.25, 0.3) is 0 Å². The summed E-state index contributed by atoms with van der Waals surface area (Å²) < 4.78 is 0. The third-order valence-electron chi connectivity index (χ3n) is 4.58. The van der Waals surface area contributed by atoms with Crippen LogP contribution >= 0.6 is 0 Å². The van der Waals surface area contributed by atoms with Crippen molar-refractivity contribution in [1.29, 1.82) is 0 Å². The van der Waals surface area contributed by atoms with Crippen LogP contribution in [0.1, 0.15) is 30.0 Å². The van der Waals surface area contributed by atoms with Crippen LogP contribution in [0.4, 0.5) is 0 Å². The van der Waals surface area contributed by atoms with Gasteiger partial charge in [0.1, 0.15) is 0 Å². The van der Waals surface area contributed by atoms with Crippen molar-refractivity contribution >= 4 is 0 Å². The van der Waals surface area contributed by atoms with Crippen molar-refractivity contribution in [2.24, 2.45) is 5.41 Å². The Balaban J connectivity index is 0.000000375. The van der Waals surface area contributed by atoms with E-state index in [-0.39, 0.29) is 19.8 Å². The lowest BCUT2D eigenvalue weighted by Gasteiger charge is -2.24. The molecular weight excluding hydrogens is 372 g/mol. The maximum absolute atomic E-state index is 8.66. The van der Waals surface area contributed by atoms with Gasteiger partial charge in [0.2, 0.25) is 0 Å².